The van der Waals surface area contributed by atoms with Crippen LogP contribution in [0.2, 0.25) is 0 Å². The van der Waals surface area contributed by atoms with Gasteiger partial charge in [0, 0.05) is 20.0 Å². The van der Waals surface area contributed by atoms with Crippen molar-refractivity contribution in [2.45, 2.75) is 19.3 Å². The van der Waals surface area contributed by atoms with Crippen molar-refractivity contribution in [3.63, 3.8) is 0 Å². The molecule has 7 heteroatoms. The number of rotatable bonds is 3. The monoisotopic (exact) mass is 253 g/mol. The number of methoxy groups -OCH3 is 1. The van der Waals surface area contributed by atoms with E-state index in [1.165, 1.54) is 32.4 Å². The molecule has 1 heterocycles. The van der Waals surface area contributed by atoms with Gasteiger partial charge >= 0.3 is 0 Å². The van der Waals surface area contributed by atoms with Gasteiger partial charge in [0.1, 0.15) is 19.7 Å². The maximum absolute atomic E-state index is 9.22. The summed E-state index contributed by atoms with van der Waals surface area (Å²) >= 11 is 0. The molecule has 0 aromatic heterocycles. The molecule has 0 N–H and O–H groups in total. The second-order valence-corrected chi connectivity index (χ2v) is 4.46. The Morgan fingerprint density at radius 1 is 1.25 bits per heavy atom. The van der Waals surface area contributed by atoms with Gasteiger partial charge in [-0.25, -0.2) is 13.0 Å². The van der Waals surface area contributed by atoms with E-state index in [-0.39, 0.29) is 0 Å². The maximum atomic E-state index is 9.22. The highest BCUT2D eigenvalue weighted by Crippen LogP contribution is 2.02. The standard InChI is InChI=1S/C8H16NO.CH4O4S/c1-10-8-7-9-5-3-2-4-6-9;1-5-6(2,3)4/h7H,2-6,8H2,1H3;1H3,(H,2,3,4)/q+1;/p-1. The van der Waals surface area contributed by atoms with Crippen LogP contribution in [0.4, 0.5) is 0 Å². The van der Waals surface area contributed by atoms with Crippen molar-refractivity contribution in [2.75, 3.05) is 33.9 Å². The van der Waals surface area contributed by atoms with E-state index in [0.717, 1.165) is 13.7 Å². The van der Waals surface area contributed by atoms with Crippen LogP contribution in [0.25, 0.3) is 0 Å². The highest BCUT2D eigenvalue weighted by molar-refractivity contribution is 7.80. The third-order valence-corrected chi connectivity index (χ3v) is 2.50. The molecule has 6 nitrogen and oxygen atoms in total. The Morgan fingerprint density at radius 3 is 2.12 bits per heavy atom. The lowest BCUT2D eigenvalue weighted by atomic mass is 10.2. The molecule has 0 amide bonds. The molecule has 0 atom stereocenters. The van der Waals surface area contributed by atoms with E-state index in [2.05, 4.69) is 15.0 Å². The average molecular weight is 253 g/mol. The van der Waals surface area contributed by atoms with Crippen molar-refractivity contribution in [2.24, 2.45) is 0 Å². The first-order valence-electron chi connectivity index (χ1n) is 5.07. The van der Waals surface area contributed by atoms with E-state index in [9.17, 15) is 13.0 Å². The molecule has 1 aliphatic rings. The molecule has 0 bridgehead atoms. The highest BCUT2D eigenvalue weighted by atomic mass is 32.3. The average Bonchev–Trinajstić information content (AvgIpc) is 2.28. The minimum absolute atomic E-state index is 0.764. The fourth-order valence-corrected chi connectivity index (χ4v) is 1.28. The summed E-state index contributed by atoms with van der Waals surface area (Å²) in [7, 11) is -1.87. The zero-order valence-electron chi connectivity index (χ0n) is 9.72. The second kappa shape index (κ2) is 8.63. The van der Waals surface area contributed by atoms with E-state index in [0.29, 0.717) is 0 Å². The summed E-state index contributed by atoms with van der Waals surface area (Å²) < 4.78 is 38.3. The third kappa shape index (κ3) is 10.0. The molecule has 96 valence electrons. The zero-order valence-corrected chi connectivity index (χ0v) is 10.5. The van der Waals surface area contributed by atoms with Crippen LogP contribution in [-0.2, 0) is 19.3 Å². The summed E-state index contributed by atoms with van der Waals surface area (Å²) in [6.45, 7) is 3.22. The van der Waals surface area contributed by atoms with Gasteiger partial charge in [0.15, 0.2) is 6.21 Å². The number of ether oxygens (including phenoxy) is 1. The quantitative estimate of drug-likeness (QED) is 0.401. The minimum atomic E-state index is -4.41. The van der Waals surface area contributed by atoms with Crippen molar-refractivity contribution >= 4 is 16.6 Å². The Hall–Kier alpha value is -0.500. The van der Waals surface area contributed by atoms with Gasteiger partial charge in [0.2, 0.25) is 10.4 Å². The molecule has 0 spiro atoms. The van der Waals surface area contributed by atoms with E-state index < -0.39 is 10.4 Å². The molecule has 16 heavy (non-hydrogen) atoms. The molecule has 0 aromatic rings. The number of hydrogen-bond acceptors (Lipinski definition) is 5. The molecule has 1 saturated heterocycles. The Bertz CT molecular complexity index is 291. The van der Waals surface area contributed by atoms with Gasteiger partial charge in [-0.05, 0) is 6.42 Å². The lowest BCUT2D eigenvalue weighted by molar-refractivity contribution is -0.534. The molecule has 1 rings (SSSR count). The van der Waals surface area contributed by atoms with Crippen LogP contribution in [0.15, 0.2) is 0 Å². The third-order valence-electron chi connectivity index (χ3n) is 2.09. The predicted octanol–water partition coefficient (Wildman–Crippen LogP) is -0.00700. The first-order chi connectivity index (χ1) is 7.49. The van der Waals surface area contributed by atoms with Crippen LogP contribution in [-0.4, -0.2) is 57.7 Å². The van der Waals surface area contributed by atoms with E-state index >= 15 is 0 Å². The van der Waals surface area contributed by atoms with Gasteiger partial charge in [0.05, 0.1) is 7.11 Å². The SMILES string of the molecule is COCC=[N+]1CCCCC1.COS(=O)(=O)[O-]. The van der Waals surface area contributed by atoms with Crippen molar-refractivity contribution in [1.29, 1.82) is 0 Å². The zero-order chi connectivity index (χ0) is 12.4. The molecular weight excluding hydrogens is 234 g/mol. The molecule has 1 aliphatic heterocycles. The predicted molar refractivity (Wildman–Crippen MR) is 58.5 cm³/mol. The molecule has 0 radical (unpaired) electrons. The summed E-state index contributed by atoms with van der Waals surface area (Å²) in [5.74, 6) is 0. The van der Waals surface area contributed by atoms with Gasteiger partial charge < -0.3 is 9.29 Å². The first-order valence-corrected chi connectivity index (χ1v) is 6.40. The summed E-state index contributed by atoms with van der Waals surface area (Å²) in [5, 5.41) is 0. The van der Waals surface area contributed by atoms with Crippen molar-refractivity contribution in [3.05, 3.63) is 0 Å². The molecule has 0 aliphatic carbocycles. The Morgan fingerprint density at radius 2 is 1.75 bits per heavy atom. The molecule has 0 aromatic carbocycles. The Balaban J connectivity index is 0.000000325. The van der Waals surface area contributed by atoms with E-state index in [4.69, 9.17) is 4.74 Å². The molecule has 0 unspecified atom stereocenters. The molecule has 0 saturated carbocycles. The van der Waals surface area contributed by atoms with E-state index in [1.54, 1.807) is 7.11 Å². The summed E-state index contributed by atoms with van der Waals surface area (Å²) in [6, 6.07) is 0. The summed E-state index contributed by atoms with van der Waals surface area (Å²) in [5.41, 5.74) is 0. The Labute approximate surface area is 96.8 Å². The normalized spacial score (nSPS) is 16.3. The van der Waals surface area contributed by atoms with Gasteiger partial charge in [0.25, 0.3) is 0 Å². The topological polar surface area (TPSA) is 78.7 Å². The maximum Gasteiger partial charge on any atom is 0.217 e. The minimum Gasteiger partial charge on any atom is -0.726 e. The molecular formula is C9H19NO5S. The van der Waals surface area contributed by atoms with Crippen LogP contribution in [0.5, 0.6) is 0 Å². The highest BCUT2D eigenvalue weighted by Gasteiger charge is 2.08. The smallest absolute Gasteiger partial charge is 0.217 e. The van der Waals surface area contributed by atoms with Crippen LogP contribution >= 0.6 is 0 Å². The van der Waals surface area contributed by atoms with E-state index in [1.807, 2.05) is 0 Å². The van der Waals surface area contributed by atoms with Crippen molar-refractivity contribution in [1.82, 2.24) is 0 Å². The number of nitrogens with zero attached hydrogens (tertiary/aromatic N) is 1. The van der Waals surface area contributed by atoms with Crippen LogP contribution in [0.3, 0.4) is 0 Å². The fourth-order valence-electron chi connectivity index (χ4n) is 1.28. The Kier molecular flexibility index (Phi) is 8.36. The van der Waals surface area contributed by atoms with Crippen molar-refractivity contribution < 1.29 is 26.5 Å². The van der Waals surface area contributed by atoms with Crippen molar-refractivity contribution in [3.8, 4) is 0 Å². The van der Waals surface area contributed by atoms with Gasteiger partial charge in [-0.2, -0.15) is 0 Å². The van der Waals surface area contributed by atoms with Crippen LogP contribution in [0.1, 0.15) is 19.3 Å². The molecule has 1 fully saturated rings. The van der Waals surface area contributed by atoms with Gasteiger partial charge in [-0.15, -0.1) is 0 Å². The van der Waals surface area contributed by atoms with Crippen LogP contribution < -0.4 is 0 Å². The number of piperidine rings is 1. The summed E-state index contributed by atoms with van der Waals surface area (Å²) in [4.78, 5) is 0. The largest absolute Gasteiger partial charge is 0.726 e. The number of hydrogen-bond donors (Lipinski definition) is 0. The van der Waals surface area contributed by atoms with Crippen LogP contribution in [0, 0.1) is 0 Å². The van der Waals surface area contributed by atoms with Gasteiger partial charge in [-0.1, -0.05) is 0 Å². The fraction of sp³-hybridized carbons (Fsp3) is 0.889. The first kappa shape index (κ1) is 15.5. The lowest BCUT2D eigenvalue weighted by Gasteiger charge is -2.08. The second-order valence-electron chi connectivity index (χ2n) is 3.31. The van der Waals surface area contributed by atoms with Gasteiger partial charge in [-0.3, -0.25) is 4.18 Å². The lowest BCUT2D eigenvalue weighted by Crippen LogP contribution is -2.22. The summed E-state index contributed by atoms with van der Waals surface area (Å²) in [6.07, 6.45) is 6.25.